The zero-order valence-corrected chi connectivity index (χ0v) is 11.1. The van der Waals surface area contributed by atoms with E-state index in [0.717, 1.165) is 6.07 Å². The van der Waals surface area contributed by atoms with E-state index in [1.54, 1.807) is 18.2 Å². The average molecular weight is 295 g/mol. The van der Waals surface area contributed by atoms with Gasteiger partial charge in [0.25, 0.3) is 0 Å². The third-order valence-corrected chi connectivity index (χ3v) is 3.55. The van der Waals surface area contributed by atoms with Crippen LogP contribution in [-0.2, 0) is 0 Å². The lowest BCUT2D eigenvalue weighted by Gasteiger charge is -2.30. The first-order valence-electron chi connectivity index (χ1n) is 6.16. The molecule has 20 heavy (non-hydrogen) atoms. The second kappa shape index (κ2) is 4.96. The van der Waals surface area contributed by atoms with Gasteiger partial charge in [-0.3, -0.25) is 0 Å². The second-order valence-electron chi connectivity index (χ2n) is 4.78. The molecule has 2 aromatic rings. The van der Waals surface area contributed by atoms with Gasteiger partial charge in [0.1, 0.15) is 23.4 Å². The summed E-state index contributed by atoms with van der Waals surface area (Å²) in [5.74, 6) is -0.193. The molecule has 0 fully saturated rings. The number of aromatic hydroxyl groups is 1. The topological polar surface area (TPSA) is 49.7 Å². The first-order valence-corrected chi connectivity index (χ1v) is 6.54. The highest BCUT2D eigenvalue weighted by Gasteiger charge is 2.28. The van der Waals surface area contributed by atoms with Gasteiger partial charge in [0.15, 0.2) is 0 Å². The Kier molecular flexibility index (Phi) is 3.28. The molecule has 0 aromatic heterocycles. The minimum atomic E-state index is -0.743. The summed E-state index contributed by atoms with van der Waals surface area (Å²) in [6, 6.07) is 8.74. The molecule has 0 bridgehead atoms. The lowest BCUT2D eigenvalue weighted by atomic mass is 9.95. The highest BCUT2D eigenvalue weighted by molar-refractivity contribution is 6.30. The van der Waals surface area contributed by atoms with Gasteiger partial charge in [-0.25, -0.2) is 4.39 Å². The summed E-state index contributed by atoms with van der Waals surface area (Å²) < 4.78 is 19.1. The van der Waals surface area contributed by atoms with E-state index in [0.29, 0.717) is 21.9 Å². The van der Waals surface area contributed by atoms with E-state index in [4.69, 9.17) is 16.3 Å². The quantitative estimate of drug-likeness (QED) is 0.842. The van der Waals surface area contributed by atoms with Crippen LogP contribution in [0, 0.1) is 5.82 Å². The number of benzene rings is 2. The Labute approximate surface area is 120 Å². The molecule has 0 spiro atoms. The molecular weight excluding hydrogens is 283 g/mol. The lowest BCUT2D eigenvalue weighted by Crippen LogP contribution is -2.19. The van der Waals surface area contributed by atoms with Gasteiger partial charge in [-0.1, -0.05) is 11.6 Å². The zero-order valence-electron chi connectivity index (χ0n) is 10.4. The Bertz CT molecular complexity index is 639. The summed E-state index contributed by atoms with van der Waals surface area (Å²) in [5, 5.41) is 20.1. The van der Waals surface area contributed by atoms with Gasteiger partial charge in [0.2, 0.25) is 0 Å². The Hall–Kier alpha value is -1.78. The molecule has 1 aliphatic heterocycles. The van der Waals surface area contributed by atoms with Gasteiger partial charge in [0.05, 0.1) is 6.10 Å². The van der Waals surface area contributed by atoms with Crippen LogP contribution in [0.25, 0.3) is 0 Å². The van der Waals surface area contributed by atoms with Crippen molar-refractivity contribution >= 4 is 11.6 Å². The van der Waals surface area contributed by atoms with Gasteiger partial charge in [-0.2, -0.15) is 0 Å². The molecule has 1 unspecified atom stereocenters. The lowest BCUT2D eigenvalue weighted by molar-refractivity contribution is 0.0655. The minimum absolute atomic E-state index is 0.167. The van der Waals surface area contributed by atoms with Crippen LogP contribution in [0.3, 0.4) is 0 Å². The van der Waals surface area contributed by atoms with E-state index in [9.17, 15) is 14.6 Å². The molecule has 0 amide bonds. The SMILES string of the molecule is Oc1cc(F)cc(C2C[C@H](O)c3cc(Cl)ccc3O2)c1. The third-order valence-electron chi connectivity index (χ3n) is 3.31. The van der Waals surface area contributed by atoms with Crippen LogP contribution in [0.5, 0.6) is 11.5 Å². The van der Waals surface area contributed by atoms with Crippen LogP contribution in [0.4, 0.5) is 4.39 Å². The maximum absolute atomic E-state index is 13.3. The largest absolute Gasteiger partial charge is 0.508 e. The second-order valence-corrected chi connectivity index (χ2v) is 5.22. The van der Waals surface area contributed by atoms with Crippen LogP contribution in [0.2, 0.25) is 5.02 Å². The molecule has 0 radical (unpaired) electrons. The molecule has 1 heterocycles. The van der Waals surface area contributed by atoms with E-state index in [1.165, 1.54) is 12.1 Å². The van der Waals surface area contributed by atoms with Crippen LogP contribution in [-0.4, -0.2) is 10.2 Å². The Morgan fingerprint density at radius 1 is 1.20 bits per heavy atom. The van der Waals surface area contributed by atoms with Crippen molar-refractivity contribution in [2.75, 3.05) is 0 Å². The Morgan fingerprint density at radius 3 is 2.75 bits per heavy atom. The van der Waals surface area contributed by atoms with Crippen LogP contribution < -0.4 is 4.74 Å². The fourth-order valence-corrected chi connectivity index (χ4v) is 2.58. The smallest absolute Gasteiger partial charge is 0.127 e. The molecule has 1 aliphatic rings. The van der Waals surface area contributed by atoms with Crippen molar-refractivity contribution in [2.24, 2.45) is 0 Å². The summed E-state index contributed by atoms with van der Waals surface area (Å²) in [6.45, 7) is 0. The van der Waals surface area contributed by atoms with Gasteiger partial charge in [0, 0.05) is 23.1 Å². The molecule has 0 aliphatic carbocycles. The number of hydrogen-bond donors (Lipinski definition) is 2. The number of aliphatic hydroxyl groups is 1. The predicted octanol–water partition coefficient (Wildman–Crippen LogP) is 3.74. The maximum atomic E-state index is 13.3. The normalized spacial score (nSPS) is 21.1. The van der Waals surface area contributed by atoms with Crippen molar-refractivity contribution in [3.05, 3.63) is 58.4 Å². The zero-order chi connectivity index (χ0) is 14.3. The highest BCUT2D eigenvalue weighted by Crippen LogP contribution is 2.42. The van der Waals surface area contributed by atoms with E-state index in [-0.39, 0.29) is 12.2 Å². The van der Waals surface area contributed by atoms with E-state index >= 15 is 0 Å². The molecular formula is C15H12ClFO3. The fraction of sp³-hybridized carbons (Fsp3) is 0.200. The first-order chi connectivity index (χ1) is 9.52. The Balaban J connectivity index is 1.96. The van der Waals surface area contributed by atoms with Crippen molar-refractivity contribution in [3.8, 4) is 11.5 Å². The fourth-order valence-electron chi connectivity index (χ4n) is 2.40. The predicted molar refractivity (Wildman–Crippen MR) is 72.5 cm³/mol. The van der Waals surface area contributed by atoms with Gasteiger partial charge in [-0.15, -0.1) is 0 Å². The number of fused-ring (bicyclic) bond motifs is 1. The molecule has 2 N–H and O–H groups in total. The number of rotatable bonds is 1. The summed E-state index contributed by atoms with van der Waals surface area (Å²) in [7, 11) is 0. The number of ether oxygens (including phenoxy) is 1. The van der Waals surface area contributed by atoms with Crippen molar-refractivity contribution in [1.29, 1.82) is 0 Å². The standard InChI is InChI=1S/C15H12ClFO3/c16-9-1-2-14-12(5-9)13(19)7-15(20-14)8-3-10(17)6-11(18)4-8/h1-6,13,15,18-19H,7H2/t13-,15?/m0/s1. The molecule has 0 saturated carbocycles. The highest BCUT2D eigenvalue weighted by atomic mass is 35.5. The molecule has 5 heteroatoms. The molecule has 0 saturated heterocycles. The van der Waals surface area contributed by atoms with Crippen molar-refractivity contribution < 1.29 is 19.3 Å². The summed E-state index contributed by atoms with van der Waals surface area (Å²) in [6.07, 6.45) is -0.982. The minimum Gasteiger partial charge on any atom is -0.508 e. The molecule has 2 aromatic carbocycles. The maximum Gasteiger partial charge on any atom is 0.127 e. The van der Waals surface area contributed by atoms with Gasteiger partial charge < -0.3 is 14.9 Å². The van der Waals surface area contributed by atoms with E-state index < -0.39 is 18.0 Å². The van der Waals surface area contributed by atoms with Crippen molar-refractivity contribution in [1.82, 2.24) is 0 Å². The Morgan fingerprint density at radius 2 is 2.00 bits per heavy atom. The number of hydrogen-bond acceptors (Lipinski definition) is 3. The van der Waals surface area contributed by atoms with E-state index in [2.05, 4.69) is 0 Å². The number of phenolic OH excluding ortho intramolecular Hbond substituents is 1. The van der Waals surface area contributed by atoms with Gasteiger partial charge in [-0.05, 0) is 35.9 Å². The summed E-state index contributed by atoms with van der Waals surface area (Å²) >= 11 is 5.89. The molecule has 2 atom stereocenters. The first kappa shape index (κ1) is 13.2. The molecule has 104 valence electrons. The molecule has 3 nitrogen and oxygen atoms in total. The van der Waals surface area contributed by atoms with Crippen LogP contribution >= 0.6 is 11.6 Å². The third kappa shape index (κ3) is 2.44. The van der Waals surface area contributed by atoms with Crippen LogP contribution in [0.1, 0.15) is 29.8 Å². The summed E-state index contributed by atoms with van der Waals surface area (Å²) in [4.78, 5) is 0. The average Bonchev–Trinajstić information content (AvgIpc) is 2.38. The number of halogens is 2. The monoisotopic (exact) mass is 294 g/mol. The van der Waals surface area contributed by atoms with Crippen molar-refractivity contribution in [3.63, 3.8) is 0 Å². The summed E-state index contributed by atoms with van der Waals surface area (Å²) in [5.41, 5.74) is 1.11. The van der Waals surface area contributed by atoms with Gasteiger partial charge >= 0.3 is 0 Å². The number of phenols is 1. The van der Waals surface area contributed by atoms with E-state index in [1.807, 2.05) is 0 Å². The molecule has 3 rings (SSSR count). The van der Waals surface area contributed by atoms with Crippen molar-refractivity contribution in [2.45, 2.75) is 18.6 Å². The van der Waals surface area contributed by atoms with Crippen LogP contribution in [0.15, 0.2) is 36.4 Å². The number of aliphatic hydroxyl groups excluding tert-OH is 1.